The van der Waals surface area contributed by atoms with Gasteiger partial charge in [0.25, 0.3) is 0 Å². The first kappa shape index (κ1) is 16.0. The number of hydrogen-bond donors (Lipinski definition) is 2. The van der Waals surface area contributed by atoms with E-state index in [1.165, 1.54) is 0 Å². The average molecular weight is 269 g/mol. The summed E-state index contributed by atoms with van der Waals surface area (Å²) in [5.74, 6) is 0.460. The molecule has 0 aromatic rings. The lowest BCUT2D eigenvalue weighted by molar-refractivity contribution is -0.135. The van der Waals surface area contributed by atoms with E-state index >= 15 is 0 Å². The van der Waals surface area contributed by atoms with Crippen LogP contribution >= 0.6 is 0 Å². The van der Waals surface area contributed by atoms with Crippen molar-refractivity contribution < 1.29 is 9.59 Å². The molecule has 1 fully saturated rings. The van der Waals surface area contributed by atoms with Gasteiger partial charge in [0.1, 0.15) is 0 Å². The van der Waals surface area contributed by atoms with Crippen molar-refractivity contribution in [3.05, 3.63) is 0 Å². The second kappa shape index (κ2) is 8.15. The number of nitrogens with two attached hydrogens (primary N) is 1. The van der Waals surface area contributed by atoms with Crippen molar-refractivity contribution in [2.45, 2.75) is 52.0 Å². The molecule has 2 amide bonds. The third kappa shape index (κ3) is 5.59. The summed E-state index contributed by atoms with van der Waals surface area (Å²) in [5.41, 5.74) is 5.69. The van der Waals surface area contributed by atoms with E-state index in [1.807, 2.05) is 4.90 Å². The van der Waals surface area contributed by atoms with Crippen LogP contribution in [0.25, 0.3) is 0 Å². The van der Waals surface area contributed by atoms with Crippen LogP contribution in [0, 0.1) is 5.92 Å². The van der Waals surface area contributed by atoms with Gasteiger partial charge in [-0.3, -0.25) is 9.59 Å². The monoisotopic (exact) mass is 269 g/mol. The maximum Gasteiger partial charge on any atom is 0.242 e. The molecule has 1 aliphatic rings. The molecule has 19 heavy (non-hydrogen) atoms. The highest BCUT2D eigenvalue weighted by Gasteiger charge is 2.25. The molecule has 1 saturated heterocycles. The van der Waals surface area contributed by atoms with Crippen molar-refractivity contribution >= 4 is 11.8 Å². The van der Waals surface area contributed by atoms with Crippen LogP contribution < -0.4 is 11.1 Å². The summed E-state index contributed by atoms with van der Waals surface area (Å²) in [7, 11) is 0. The Kier molecular flexibility index (Phi) is 6.84. The fourth-order valence-electron chi connectivity index (χ4n) is 2.36. The van der Waals surface area contributed by atoms with Gasteiger partial charge in [-0.05, 0) is 31.6 Å². The van der Waals surface area contributed by atoms with Crippen molar-refractivity contribution in [1.82, 2.24) is 10.2 Å². The molecule has 0 spiro atoms. The molecule has 110 valence electrons. The number of rotatable bonds is 6. The molecule has 1 heterocycles. The summed E-state index contributed by atoms with van der Waals surface area (Å²) in [6.07, 6.45) is 4.49. The zero-order chi connectivity index (χ0) is 14.3. The maximum absolute atomic E-state index is 12.1. The van der Waals surface area contributed by atoms with Gasteiger partial charge in [-0.2, -0.15) is 0 Å². The number of amides is 2. The largest absolute Gasteiger partial charge is 0.347 e. The first-order chi connectivity index (χ1) is 9.04. The summed E-state index contributed by atoms with van der Waals surface area (Å²) >= 11 is 0. The van der Waals surface area contributed by atoms with E-state index in [9.17, 15) is 9.59 Å². The van der Waals surface area contributed by atoms with Gasteiger partial charge >= 0.3 is 0 Å². The van der Waals surface area contributed by atoms with Crippen molar-refractivity contribution in [3.63, 3.8) is 0 Å². The predicted octanol–water partition coefficient (Wildman–Crippen LogP) is 0.879. The van der Waals surface area contributed by atoms with Gasteiger partial charge in [0.2, 0.25) is 11.8 Å². The van der Waals surface area contributed by atoms with Crippen LogP contribution in [0.15, 0.2) is 0 Å². The van der Waals surface area contributed by atoms with E-state index < -0.39 is 0 Å². The normalized spacial score (nSPS) is 19.6. The minimum absolute atomic E-state index is 0.00644. The van der Waals surface area contributed by atoms with Crippen LogP contribution in [0.3, 0.4) is 0 Å². The number of carbonyl (C=O) groups excluding carboxylic acids is 2. The molecule has 0 saturated carbocycles. The predicted molar refractivity (Wildman–Crippen MR) is 75.5 cm³/mol. The van der Waals surface area contributed by atoms with Crippen molar-refractivity contribution in [2.75, 3.05) is 19.6 Å². The molecule has 5 nitrogen and oxygen atoms in total. The highest BCUT2D eigenvalue weighted by atomic mass is 16.2. The third-order valence-corrected chi connectivity index (χ3v) is 3.61. The van der Waals surface area contributed by atoms with Gasteiger partial charge in [0.05, 0.1) is 6.54 Å². The second-order valence-electron chi connectivity index (χ2n) is 5.68. The van der Waals surface area contributed by atoms with Crippen LogP contribution in [0.1, 0.15) is 46.0 Å². The van der Waals surface area contributed by atoms with E-state index in [-0.39, 0.29) is 24.4 Å². The van der Waals surface area contributed by atoms with Crippen molar-refractivity contribution in [2.24, 2.45) is 11.7 Å². The lowest BCUT2D eigenvalue weighted by atomic mass is 10.0. The molecule has 1 unspecified atom stereocenters. The highest BCUT2D eigenvalue weighted by Crippen LogP contribution is 2.15. The van der Waals surface area contributed by atoms with Crippen LogP contribution in [-0.4, -0.2) is 42.4 Å². The Balaban J connectivity index is 2.31. The van der Waals surface area contributed by atoms with E-state index in [4.69, 9.17) is 5.73 Å². The van der Waals surface area contributed by atoms with Gasteiger partial charge in [0.15, 0.2) is 0 Å². The fourth-order valence-corrected chi connectivity index (χ4v) is 2.36. The van der Waals surface area contributed by atoms with Gasteiger partial charge in [-0.1, -0.05) is 13.8 Å². The topological polar surface area (TPSA) is 75.4 Å². The zero-order valence-electron chi connectivity index (χ0n) is 12.2. The van der Waals surface area contributed by atoms with Crippen LogP contribution in [0.2, 0.25) is 0 Å². The molecule has 5 heteroatoms. The molecule has 0 bridgehead atoms. The first-order valence-corrected chi connectivity index (χ1v) is 7.30. The minimum Gasteiger partial charge on any atom is -0.347 e. The highest BCUT2D eigenvalue weighted by molar-refractivity contribution is 5.84. The molecule has 0 aliphatic carbocycles. The molecule has 1 atom stereocenters. The molecule has 1 rings (SSSR count). The lowest BCUT2D eigenvalue weighted by Gasteiger charge is -2.35. The zero-order valence-corrected chi connectivity index (χ0v) is 12.2. The Morgan fingerprint density at radius 2 is 2.11 bits per heavy atom. The van der Waals surface area contributed by atoms with Crippen molar-refractivity contribution in [1.29, 1.82) is 0 Å². The second-order valence-corrected chi connectivity index (χ2v) is 5.68. The van der Waals surface area contributed by atoms with Gasteiger partial charge in [-0.25, -0.2) is 0 Å². The molecule has 1 aliphatic heterocycles. The van der Waals surface area contributed by atoms with Gasteiger partial charge < -0.3 is 16.0 Å². The van der Waals surface area contributed by atoms with E-state index in [2.05, 4.69) is 19.2 Å². The number of nitrogens with one attached hydrogen (secondary N) is 1. The van der Waals surface area contributed by atoms with E-state index in [0.717, 1.165) is 32.2 Å². The molecule has 0 radical (unpaired) electrons. The molecule has 0 aromatic carbocycles. The number of likely N-dealkylation sites (tertiary alicyclic amines) is 1. The fraction of sp³-hybridized carbons (Fsp3) is 0.857. The quantitative estimate of drug-likeness (QED) is 0.751. The smallest absolute Gasteiger partial charge is 0.242 e. The Bertz CT molecular complexity index is 305. The number of nitrogens with zero attached hydrogens (tertiary/aromatic N) is 1. The molecular formula is C14H27N3O2. The van der Waals surface area contributed by atoms with Gasteiger partial charge in [0, 0.05) is 25.6 Å². The van der Waals surface area contributed by atoms with Crippen LogP contribution in [-0.2, 0) is 9.59 Å². The Morgan fingerprint density at radius 3 is 2.74 bits per heavy atom. The molecule has 0 aromatic heterocycles. The summed E-state index contributed by atoms with van der Waals surface area (Å²) in [5, 5.41) is 2.71. The SMILES string of the molecule is CC(C)CCC(=O)NCC(=O)N1CCCCC1CN. The van der Waals surface area contributed by atoms with Crippen LogP contribution in [0.4, 0.5) is 0 Å². The average Bonchev–Trinajstić information content (AvgIpc) is 2.42. The summed E-state index contributed by atoms with van der Waals surface area (Å²) in [4.78, 5) is 25.5. The molecule has 3 N–H and O–H groups in total. The Morgan fingerprint density at radius 1 is 1.37 bits per heavy atom. The number of carbonyl (C=O) groups is 2. The maximum atomic E-state index is 12.1. The minimum atomic E-state index is -0.0386. The Hall–Kier alpha value is -1.10. The van der Waals surface area contributed by atoms with Crippen LogP contribution in [0.5, 0.6) is 0 Å². The number of piperidine rings is 1. The standard InChI is InChI=1S/C14H27N3O2/c1-11(2)6-7-13(18)16-10-14(19)17-8-4-3-5-12(17)9-15/h11-12H,3-10,15H2,1-2H3,(H,16,18). The van der Waals surface area contributed by atoms with Gasteiger partial charge in [-0.15, -0.1) is 0 Å². The summed E-state index contributed by atoms with van der Waals surface area (Å²) < 4.78 is 0. The van der Waals surface area contributed by atoms with E-state index in [1.54, 1.807) is 0 Å². The number of hydrogen-bond acceptors (Lipinski definition) is 3. The van der Waals surface area contributed by atoms with Crippen molar-refractivity contribution in [3.8, 4) is 0 Å². The lowest BCUT2D eigenvalue weighted by Crippen LogP contribution is -2.50. The first-order valence-electron chi connectivity index (χ1n) is 7.30. The Labute approximate surface area is 115 Å². The van der Waals surface area contributed by atoms with E-state index in [0.29, 0.717) is 18.9 Å². The summed E-state index contributed by atoms with van der Waals surface area (Å²) in [6.45, 7) is 5.54. The third-order valence-electron chi connectivity index (χ3n) is 3.61. The molecular weight excluding hydrogens is 242 g/mol. The summed E-state index contributed by atoms with van der Waals surface area (Å²) in [6, 6.07) is 0.147.